The maximum Gasteiger partial charge on any atom is 0.280 e. The maximum absolute atomic E-state index is 10.6. The van der Waals surface area contributed by atoms with Gasteiger partial charge in [0.25, 0.3) is 5.91 Å². The van der Waals surface area contributed by atoms with Crippen LogP contribution in [0.1, 0.15) is 5.56 Å². The van der Waals surface area contributed by atoms with E-state index < -0.39 is 5.91 Å². The van der Waals surface area contributed by atoms with Crippen LogP contribution < -0.4 is 11.2 Å². The number of benzene rings is 1. The zero-order valence-electron chi connectivity index (χ0n) is 8.19. The van der Waals surface area contributed by atoms with E-state index in [1.54, 1.807) is 18.2 Å². The summed E-state index contributed by atoms with van der Waals surface area (Å²) in [6.07, 6.45) is 0. The molecule has 0 atom stereocenters. The molecule has 0 fully saturated rings. The van der Waals surface area contributed by atoms with E-state index in [-0.39, 0.29) is 5.71 Å². The van der Waals surface area contributed by atoms with Crippen molar-refractivity contribution < 1.29 is 4.79 Å². The number of nitrogens with zero attached hydrogens (tertiary/aromatic N) is 2. The van der Waals surface area contributed by atoms with Crippen molar-refractivity contribution in [2.45, 2.75) is 6.92 Å². The van der Waals surface area contributed by atoms with Crippen LogP contribution in [0.4, 0.5) is 5.69 Å². The number of hydrogen-bond acceptors (Lipinski definition) is 4. The van der Waals surface area contributed by atoms with Gasteiger partial charge in [-0.05, 0) is 19.1 Å². The van der Waals surface area contributed by atoms with Crippen molar-refractivity contribution in [3.63, 3.8) is 0 Å². The Morgan fingerprint density at radius 3 is 2.53 bits per heavy atom. The van der Waals surface area contributed by atoms with Gasteiger partial charge < -0.3 is 5.73 Å². The third kappa shape index (κ3) is 3.12. The van der Waals surface area contributed by atoms with Gasteiger partial charge in [0.2, 0.25) is 5.71 Å². The molecule has 0 aliphatic heterocycles. The average molecular weight is 202 g/mol. The zero-order valence-corrected chi connectivity index (χ0v) is 8.19. The molecule has 0 bridgehead atoms. The van der Waals surface area contributed by atoms with Crippen LogP contribution in [-0.2, 0) is 4.79 Å². The fourth-order valence-electron chi connectivity index (χ4n) is 0.884. The average Bonchev–Trinajstić information content (AvgIpc) is 2.21. The van der Waals surface area contributed by atoms with Crippen LogP contribution in [0.15, 0.2) is 29.4 Å². The molecule has 76 valence electrons. The summed E-state index contributed by atoms with van der Waals surface area (Å²) in [5.41, 5.74) is 8.92. The fourth-order valence-corrected chi connectivity index (χ4v) is 0.884. The van der Waals surface area contributed by atoms with E-state index in [1.807, 2.05) is 19.1 Å². The SMILES string of the molecule is Cc1ccc(N/N=C(/C#N)C(N)=O)cc1. The minimum absolute atomic E-state index is 0.351. The Balaban J connectivity index is 2.76. The Hall–Kier alpha value is -2.35. The lowest BCUT2D eigenvalue weighted by molar-refractivity contribution is -0.111. The molecule has 0 aromatic heterocycles. The molecule has 15 heavy (non-hydrogen) atoms. The summed E-state index contributed by atoms with van der Waals surface area (Å²) in [6, 6.07) is 8.94. The number of nitrogens with two attached hydrogens (primary N) is 1. The minimum Gasteiger partial charge on any atom is -0.364 e. The van der Waals surface area contributed by atoms with Crippen LogP contribution in [0.5, 0.6) is 0 Å². The zero-order chi connectivity index (χ0) is 11.3. The van der Waals surface area contributed by atoms with E-state index in [9.17, 15) is 4.79 Å². The first-order chi connectivity index (χ1) is 7.13. The van der Waals surface area contributed by atoms with Crippen LogP contribution in [0, 0.1) is 18.3 Å². The number of nitriles is 1. The van der Waals surface area contributed by atoms with Gasteiger partial charge in [-0.2, -0.15) is 10.4 Å². The molecule has 1 aromatic carbocycles. The van der Waals surface area contributed by atoms with Gasteiger partial charge in [0.1, 0.15) is 6.07 Å². The van der Waals surface area contributed by atoms with Gasteiger partial charge in [0.15, 0.2) is 0 Å². The van der Waals surface area contributed by atoms with Gasteiger partial charge in [-0.1, -0.05) is 17.7 Å². The first-order valence-electron chi connectivity index (χ1n) is 4.23. The summed E-state index contributed by atoms with van der Waals surface area (Å²) in [5.74, 6) is -0.850. The van der Waals surface area contributed by atoms with Crippen molar-refractivity contribution in [3.05, 3.63) is 29.8 Å². The Morgan fingerprint density at radius 1 is 1.47 bits per heavy atom. The van der Waals surface area contributed by atoms with E-state index >= 15 is 0 Å². The highest BCUT2D eigenvalue weighted by Gasteiger charge is 2.04. The van der Waals surface area contributed by atoms with E-state index in [0.717, 1.165) is 5.56 Å². The van der Waals surface area contributed by atoms with Crippen molar-refractivity contribution in [2.75, 3.05) is 5.43 Å². The van der Waals surface area contributed by atoms with Crippen molar-refractivity contribution in [3.8, 4) is 6.07 Å². The van der Waals surface area contributed by atoms with Crippen LogP contribution in [0.3, 0.4) is 0 Å². The molecule has 0 saturated carbocycles. The predicted molar refractivity (Wildman–Crippen MR) is 57.0 cm³/mol. The summed E-state index contributed by atoms with van der Waals surface area (Å²) in [4.78, 5) is 10.6. The number of amides is 1. The van der Waals surface area contributed by atoms with E-state index in [2.05, 4.69) is 10.5 Å². The van der Waals surface area contributed by atoms with E-state index in [0.29, 0.717) is 5.69 Å². The van der Waals surface area contributed by atoms with Gasteiger partial charge in [0.05, 0.1) is 5.69 Å². The Morgan fingerprint density at radius 2 is 2.07 bits per heavy atom. The lowest BCUT2D eigenvalue weighted by atomic mass is 10.2. The highest BCUT2D eigenvalue weighted by atomic mass is 16.1. The fraction of sp³-hybridized carbons (Fsp3) is 0.100. The number of primary amides is 1. The third-order valence-electron chi connectivity index (χ3n) is 1.69. The number of hydrogen-bond donors (Lipinski definition) is 2. The lowest BCUT2D eigenvalue weighted by Crippen LogP contribution is -2.22. The predicted octanol–water partition coefficient (Wildman–Crippen LogP) is 0.772. The third-order valence-corrected chi connectivity index (χ3v) is 1.69. The minimum atomic E-state index is -0.850. The van der Waals surface area contributed by atoms with Crippen LogP contribution in [0.25, 0.3) is 0 Å². The lowest BCUT2D eigenvalue weighted by Gasteiger charge is -2.00. The molecule has 0 heterocycles. The molecular weight excluding hydrogens is 192 g/mol. The van der Waals surface area contributed by atoms with Gasteiger partial charge in [-0.15, -0.1) is 0 Å². The molecule has 1 amide bonds. The number of aryl methyl sites for hydroxylation is 1. The highest BCUT2D eigenvalue weighted by Crippen LogP contribution is 2.08. The number of hydrazone groups is 1. The van der Waals surface area contributed by atoms with Crippen molar-refractivity contribution in [2.24, 2.45) is 10.8 Å². The molecule has 5 heteroatoms. The van der Waals surface area contributed by atoms with Crippen LogP contribution in [-0.4, -0.2) is 11.6 Å². The molecule has 0 saturated heterocycles. The Bertz CT molecular complexity index is 428. The Kier molecular flexibility index (Phi) is 3.41. The van der Waals surface area contributed by atoms with Crippen LogP contribution in [0.2, 0.25) is 0 Å². The molecular formula is C10H10N4O. The number of carbonyl (C=O) groups is 1. The molecule has 0 radical (unpaired) electrons. The molecule has 0 spiro atoms. The van der Waals surface area contributed by atoms with Gasteiger partial charge >= 0.3 is 0 Å². The smallest absolute Gasteiger partial charge is 0.280 e. The topological polar surface area (TPSA) is 91.3 Å². The highest BCUT2D eigenvalue weighted by molar-refractivity contribution is 6.44. The van der Waals surface area contributed by atoms with E-state index in [1.165, 1.54) is 0 Å². The molecule has 0 aliphatic carbocycles. The summed E-state index contributed by atoms with van der Waals surface area (Å²) in [7, 11) is 0. The second-order valence-electron chi connectivity index (χ2n) is 2.91. The second kappa shape index (κ2) is 4.77. The van der Waals surface area contributed by atoms with Crippen molar-refractivity contribution in [1.82, 2.24) is 0 Å². The maximum atomic E-state index is 10.6. The van der Waals surface area contributed by atoms with Crippen molar-refractivity contribution in [1.29, 1.82) is 5.26 Å². The first kappa shape index (κ1) is 10.7. The van der Waals surface area contributed by atoms with Gasteiger partial charge in [-0.25, -0.2) is 0 Å². The van der Waals surface area contributed by atoms with Gasteiger partial charge in [0, 0.05) is 0 Å². The van der Waals surface area contributed by atoms with E-state index in [4.69, 9.17) is 11.0 Å². The number of carbonyl (C=O) groups excluding carboxylic acids is 1. The summed E-state index contributed by atoms with van der Waals surface area (Å²) in [5, 5.41) is 12.1. The van der Waals surface area contributed by atoms with Gasteiger partial charge in [-0.3, -0.25) is 10.2 Å². The summed E-state index contributed by atoms with van der Waals surface area (Å²) in [6.45, 7) is 1.96. The quantitative estimate of drug-likeness (QED) is 0.560. The monoisotopic (exact) mass is 202 g/mol. The standard InChI is InChI=1S/C10H10N4O/c1-7-2-4-8(5-3-7)13-14-9(6-11)10(12)15/h2-5,13H,1H3,(H2,12,15)/b14-9-. The summed E-state index contributed by atoms with van der Waals surface area (Å²) >= 11 is 0. The molecule has 0 aliphatic rings. The molecule has 0 unspecified atom stereocenters. The first-order valence-corrected chi connectivity index (χ1v) is 4.23. The van der Waals surface area contributed by atoms with Crippen LogP contribution >= 0.6 is 0 Å². The second-order valence-corrected chi connectivity index (χ2v) is 2.91. The molecule has 3 N–H and O–H groups in total. The molecule has 1 aromatic rings. The number of anilines is 1. The summed E-state index contributed by atoms with van der Waals surface area (Å²) < 4.78 is 0. The largest absolute Gasteiger partial charge is 0.364 e. The number of nitrogens with one attached hydrogen (secondary N) is 1. The Labute approximate surface area is 87.2 Å². The number of rotatable bonds is 3. The molecule has 5 nitrogen and oxygen atoms in total. The van der Waals surface area contributed by atoms with Crippen molar-refractivity contribution >= 4 is 17.3 Å². The molecule has 1 rings (SSSR count). The normalized spacial score (nSPS) is 10.5.